The number of benzene rings is 7. The minimum atomic E-state index is 0.493. The van der Waals surface area contributed by atoms with E-state index in [4.69, 9.17) is 15.0 Å². The standard InChI is InChI=1S/C46H26N10.2C2H6/c47-27-28-25-26-41(54-36-20-8-7-19-35(36)51-32-16-4-1-13-29(32)48-44(51)54)43(56-40-24-12-10-22-38(40)53-34-18-6-3-15-31(34)50-46(53)56)42(28)55-39-23-11-9-21-37(39)52-33-17-5-2-14-30(33)49-45(52)55;2*1-2/h1-26H;2*1-2H3. The number of nitrogens with zero attached hydrogens (tertiary/aromatic N) is 10. The van der Waals surface area contributed by atoms with Gasteiger partial charge in [-0.05, 0) is 84.9 Å². The SMILES string of the molecule is CC.CC.N#Cc1ccc(-n2c3ccccc3n3c4ccccc4nc23)c(-n2c3ccccc3n3c4ccccc4nc23)c1-n1c2ccccc2n2c3ccccc3nc12. The van der Waals surface area contributed by atoms with Crippen LogP contribution in [0.4, 0.5) is 0 Å². The Kier molecular flexibility index (Phi) is 7.86. The predicted molar refractivity (Wildman–Crippen MR) is 243 cm³/mol. The van der Waals surface area contributed by atoms with Crippen molar-refractivity contribution in [1.82, 2.24) is 41.9 Å². The van der Waals surface area contributed by atoms with Crippen molar-refractivity contribution in [3.8, 4) is 23.1 Å². The van der Waals surface area contributed by atoms with Crippen molar-refractivity contribution >= 4 is 83.5 Å². The average Bonchev–Trinajstić information content (AvgIpc) is 4.15. The highest BCUT2D eigenvalue weighted by Crippen LogP contribution is 2.41. The van der Waals surface area contributed by atoms with E-state index in [1.807, 2.05) is 88.4 Å². The number of hydrogen-bond donors (Lipinski definition) is 0. The summed E-state index contributed by atoms with van der Waals surface area (Å²) in [4.78, 5) is 15.9. The van der Waals surface area contributed by atoms with E-state index in [9.17, 15) is 5.26 Å². The Labute approximate surface area is 343 Å². The molecule has 0 atom stereocenters. The number of fused-ring (bicyclic) bond motifs is 15. The topological polar surface area (TPSA) is 90.5 Å². The van der Waals surface area contributed by atoms with Gasteiger partial charge in [0.05, 0.1) is 88.8 Å². The smallest absolute Gasteiger partial charge is 0.220 e. The largest absolute Gasteiger partial charge is 0.276 e. The second kappa shape index (κ2) is 13.5. The Morgan fingerprint density at radius 1 is 0.350 bits per heavy atom. The second-order valence-electron chi connectivity index (χ2n) is 14.1. The molecule has 288 valence electrons. The van der Waals surface area contributed by atoms with Crippen molar-refractivity contribution < 1.29 is 0 Å². The summed E-state index contributed by atoms with van der Waals surface area (Å²) in [6, 6.07) is 56.4. The van der Waals surface area contributed by atoms with Gasteiger partial charge in [0.15, 0.2) is 0 Å². The fourth-order valence-corrected chi connectivity index (χ4v) is 9.02. The molecule has 0 unspecified atom stereocenters. The van der Waals surface area contributed by atoms with Gasteiger partial charge in [-0.3, -0.25) is 26.9 Å². The molecule has 0 N–H and O–H groups in total. The van der Waals surface area contributed by atoms with Crippen molar-refractivity contribution in [3.63, 3.8) is 0 Å². The van der Waals surface area contributed by atoms with Crippen molar-refractivity contribution in [1.29, 1.82) is 5.26 Å². The first-order valence-electron chi connectivity index (χ1n) is 20.5. The van der Waals surface area contributed by atoms with E-state index in [0.717, 1.165) is 89.1 Å². The summed E-state index contributed by atoms with van der Waals surface area (Å²) in [5, 5.41) is 11.2. The third kappa shape index (κ3) is 4.60. The molecular weight excluding hydrogens is 741 g/mol. The van der Waals surface area contributed by atoms with Gasteiger partial charge in [0.2, 0.25) is 17.3 Å². The summed E-state index contributed by atoms with van der Waals surface area (Å²) in [5.74, 6) is 2.20. The van der Waals surface area contributed by atoms with E-state index in [1.54, 1.807) is 0 Å². The molecule has 0 bridgehead atoms. The molecule has 0 aliphatic heterocycles. The normalized spacial score (nSPS) is 11.7. The van der Waals surface area contributed by atoms with Crippen LogP contribution in [0.3, 0.4) is 0 Å². The number of para-hydroxylation sites is 12. The van der Waals surface area contributed by atoms with Gasteiger partial charge in [-0.25, -0.2) is 15.0 Å². The van der Waals surface area contributed by atoms with E-state index in [1.165, 1.54) is 0 Å². The van der Waals surface area contributed by atoms with Crippen LogP contribution in [-0.2, 0) is 0 Å². The molecular formula is C50H38N10. The van der Waals surface area contributed by atoms with Crippen LogP contribution in [0.1, 0.15) is 33.3 Å². The van der Waals surface area contributed by atoms with Gasteiger partial charge in [-0.1, -0.05) is 100 Å². The summed E-state index contributed by atoms with van der Waals surface area (Å²) >= 11 is 0. The Bertz CT molecular complexity index is 3860. The molecule has 0 radical (unpaired) electrons. The first-order valence-corrected chi connectivity index (χ1v) is 20.5. The van der Waals surface area contributed by atoms with Crippen LogP contribution in [0, 0.1) is 11.3 Å². The van der Waals surface area contributed by atoms with Crippen LogP contribution in [0.2, 0.25) is 0 Å². The summed E-state index contributed by atoms with van der Waals surface area (Å²) < 4.78 is 13.3. The Hall–Kier alpha value is -8.16. The van der Waals surface area contributed by atoms with E-state index in [-0.39, 0.29) is 0 Å². The molecule has 13 rings (SSSR count). The second-order valence-corrected chi connectivity index (χ2v) is 14.1. The van der Waals surface area contributed by atoms with Gasteiger partial charge < -0.3 is 0 Å². The van der Waals surface area contributed by atoms with Crippen LogP contribution in [-0.4, -0.2) is 41.9 Å². The summed E-state index contributed by atoms with van der Waals surface area (Å²) in [7, 11) is 0. The molecule has 0 spiro atoms. The van der Waals surface area contributed by atoms with Crippen LogP contribution in [0.15, 0.2) is 158 Å². The van der Waals surface area contributed by atoms with Crippen LogP contribution in [0.25, 0.3) is 101 Å². The zero-order valence-electron chi connectivity index (χ0n) is 33.5. The molecule has 0 saturated heterocycles. The lowest BCUT2D eigenvalue weighted by Crippen LogP contribution is -2.12. The van der Waals surface area contributed by atoms with E-state index >= 15 is 0 Å². The molecule has 0 fully saturated rings. The number of aromatic nitrogens is 9. The molecule has 10 heteroatoms. The van der Waals surface area contributed by atoms with Crippen molar-refractivity contribution in [2.75, 3.05) is 0 Å². The highest BCUT2D eigenvalue weighted by molar-refractivity contribution is 5.99. The van der Waals surface area contributed by atoms with Crippen molar-refractivity contribution in [3.05, 3.63) is 163 Å². The fraction of sp³-hybridized carbons (Fsp3) is 0.0800. The monoisotopic (exact) mass is 778 g/mol. The van der Waals surface area contributed by atoms with Gasteiger partial charge in [-0.15, -0.1) is 0 Å². The third-order valence-corrected chi connectivity index (χ3v) is 11.3. The molecule has 7 aromatic carbocycles. The first kappa shape index (κ1) is 35.0. The summed E-state index contributed by atoms with van der Waals surface area (Å²) in [6.07, 6.45) is 0. The third-order valence-electron chi connectivity index (χ3n) is 11.3. The van der Waals surface area contributed by atoms with Crippen LogP contribution >= 0.6 is 0 Å². The quantitative estimate of drug-likeness (QED) is 0.179. The lowest BCUT2D eigenvalue weighted by Gasteiger charge is -2.20. The number of rotatable bonds is 3. The van der Waals surface area contributed by atoms with E-state index < -0.39 is 0 Å². The molecule has 6 aromatic heterocycles. The number of imidazole rings is 6. The lowest BCUT2D eigenvalue weighted by atomic mass is 10.1. The maximum Gasteiger partial charge on any atom is 0.220 e. The molecule has 0 saturated carbocycles. The highest BCUT2D eigenvalue weighted by atomic mass is 15.3. The number of nitriles is 1. The summed E-state index contributed by atoms with van der Waals surface area (Å²) in [6.45, 7) is 8.00. The maximum absolute atomic E-state index is 11.2. The van der Waals surface area contributed by atoms with Gasteiger partial charge in [0.25, 0.3) is 0 Å². The molecule has 6 heterocycles. The van der Waals surface area contributed by atoms with Gasteiger partial charge in [0, 0.05) is 0 Å². The average molecular weight is 779 g/mol. The Balaban J connectivity index is 0.000000994. The minimum absolute atomic E-state index is 0.493. The molecule has 0 aliphatic carbocycles. The Morgan fingerprint density at radius 3 is 1.07 bits per heavy atom. The van der Waals surface area contributed by atoms with E-state index in [0.29, 0.717) is 17.0 Å². The van der Waals surface area contributed by atoms with Crippen LogP contribution < -0.4 is 0 Å². The molecule has 13 aromatic rings. The number of hydrogen-bond acceptors (Lipinski definition) is 4. The fourth-order valence-electron chi connectivity index (χ4n) is 9.02. The predicted octanol–water partition coefficient (Wildman–Crippen LogP) is 11.8. The molecule has 0 aliphatic rings. The highest BCUT2D eigenvalue weighted by Gasteiger charge is 2.30. The van der Waals surface area contributed by atoms with Crippen molar-refractivity contribution in [2.24, 2.45) is 0 Å². The van der Waals surface area contributed by atoms with Gasteiger partial charge >= 0.3 is 0 Å². The van der Waals surface area contributed by atoms with Crippen molar-refractivity contribution in [2.45, 2.75) is 27.7 Å². The maximum atomic E-state index is 11.2. The Morgan fingerprint density at radius 2 is 0.667 bits per heavy atom. The van der Waals surface area contributed by atoms with Gasteiger partial charge in [0.1, 0.15) is 6.07 Å². The first-order chi connectivity index (χ1) is 29.8. The van der Waals surface area contributed by atoms with Gasteiger partial charge in [-0.2, -0.15) is 5.26 Å². The molecule has 0 amide bonds. The summed E-state index contributed by atoms with van der Waals surface area (Å²) in [5.41, 5.74) is 14.3. The zero-order chi connectivity index (χ0) is 40.6. The minimum Gasteiger partial charge on any atom is -0.276 e. The van der Waals surface area contributed by atoms with Crippen LogP contribution in [0.5, 0.6) is 0 Å². The molecule has 60 heavy (non-hydrogen) atoms. The van der Waals surface area contributed by atoms with E-state index in [2.05, 4.69) is 130 Å². The zero-order valence-corrected chi connectivity index (χ0v) is 33.5. The molecule has 10 nitrogen and oxygen atoms in total. The lowest BCUT2D eigenvalue weighted by molar-refractivity contribution is 1.00.